The summed E-state index contributed by atoms with van der Waals surface area (Å²) in [5.74, 6) is 0. The maximum Gasteiger partial charge on any atom is 0.416 e. The first-order valence-electron chi connectivity index (χ1n) is 8.84. The third-order valence-electron chi connectivity index (χ3n) is 4.31. The maximum atomic E-state index is 13.2. The van der Waals surface area contributed by atoms with Crippen LogP contribution in [-0.4, -0.2) is 45.3 Å². The van der Waals surface area contributed by atoms with E-state index >= 15 is 0 Å². The van der Waals surface area contributed by atoms with Crippen LogP contribution in [0.5, 0.6) is 0 Å². The maximum absolute atomic E-state index is 13.2. The number of hydrogen-bond donors (Lipinski definition) is 0. The lowest BCUT2D eigenvalue weighted by Gasteiger charge is -2.33. The fraction of sp³-hybridized carbons (Fsp3) is 0.400. The van der Waals surface area contributed by atoms with Gasteiger partial charge in [0, 0.05) is 29.5 Å². The van der Waals surface area contributed by atoms with Crippen LogP contribution in [0.15, 0.2) is 52.3 Å². The highest BCUT2D eigenvalue weighted by Gasteiger charge is 2.33. The van der Waals surface area contributed by atoms with Gasteiger partial charge in [-0.2, -0.15) is 13.2 Å². The van der Waals surface area contributed by atoms with E-state index in [1.807, 2.05) is 48.2 Å². The zero-order valence-corrected chi connectivity index (χ0v) is 17.5. The number of halogens is 4. The predicted molar refractivity (Wildman–Crippen MR) is 110 cm³/mol. The summed E-state index contributed by atoms with van der Waals surface area (Å²) in [6, 6.07) is 11.8. The van der Waals surface area contributed by atoms with Crippen molar-refractivity contribution >= 4 is 35.5 Å². The fourth-order valence-electron chi connectivity index (χ4n) is 2.92. The molecule has 0 bridgehead atoms. The van der Waals surface area contributed by atoms with Gasteiger partial charge in [-0.05, 0) is 50.8 Å². The number of anilines is 2. The van der Waals surface area contributed by atoms with Crippen molar-refractivity contribution in [2.24, 2.45) is 0 Å². The van der Waals surface area contributed by atoms with Gasteiger partial charge in [-0.25, -0.2) is 0 Å². The highest BCUT2D eigenvalue weighted by Crippen LogP contribution is 2.49. The van der Waals surface area contributed by atoms with Crippen molar-refractivity contribution in [1.29, 1.82) is 0 Å². The highest BCUT2D eigenvalue weighted by molar-refractivity contribution is 7.99. The first-order chi connectivity index (χ1) is 12.9. The molecule has 8 heteroatoms. The van der Waals surface area contributed by atoms with Crippen LogP contribution in [0.3, 0.4) is 0 Å². The van der Waals surface area contributed by atoms with Crippen molar-refractivity contribution in [3.63, 3.8) is 0 Å². The van der Waals surface area contributed by atoms with Crippen molar-refractivity contribution in [1.82, 2.24) is 4.90 Å². The van der Waals surface area contributed by atoms with Crippen LogP contribution < -0.4 is 4.90 Å². The molecule has 1 aliphatic heterocycles. The van der Waals surface area contributed by atoms with E-state index in [2.05, 4.69) is 0 Å². The number of benzene rings is 2. The molecule has 28 heavy (non-hydrogen) atoms. The van der Waals surface area contributed by atoms with Crippen molar-refractivity contribution in [3.8, 4) is 0 Å². The number of ether oxygens (including phenoxy) is 1. The molecule has 0 saturated carbocycles. The Hall–Kier alpha value is -1.41. The van der Waals surface area contributed by atoms with E-state index in [1.165, 1.54) is 17.8 Å². The van der Waals surface area contributed by atoms with E-state index in [0.29, 0.717) is 25.4 Å². The smallest absolute Gasteiger partial charge is 0.380 e. The number of likely N-dealkylation sites (N-methyl/N-ethyl adjacent to an activating group) is 1. The molecular weight excluding hydrogens is 409 g/mol. The predicted octanol–water partition coefficient (Wildman–Crippen LogP) is 5.70. The molecular formula is C20H24ClF3N2OS. The molecule has 1 heterocycles. The molecule has 0 atom stereocenters. The number of hydrogen-bond acceptors (Lipinski definition) is 4. The topological polar surface area (TPSA) is 15.7 Å². The number of rotatable bonds is 7. The summed E-state index contributed by atoms with van der Waals surface area (Å²) >= 11 is 1.51. The third kappa shape index (κ3) is 5.56. The second kappa shape index (κ2) is 9.87. The molecule has 0 spiro atoms. The van der Waals surface area contributed by atoms with Gasteiger partial charge in [0.1, 0.15) is 0 Å². The van der Waals surface area contributed by atoms with Gasteiger partial charge in [0.2, 0.25) is 0 Å². The molecule has 0 fully saturated rings. The van der Waals surface area contributed by atoms with Gasteiger partial charge in [-0.15, -0.1) is 12.4 Å². The molecule has 0 radical (unpaired) electrons. The SMILES string of the molecule is CN(C)CCOCCCN1c2ccccc2Sc2ccc(C(F)(F)F)cc21.Cl. The van der Waals surface area contributed by atoms with Gasteiger partial charge in [0.05, 0.1) is 23.5 Å². The molecule has 0 amide bonds. The van der Waals surface area contributed by atoms with Crippen molar-refractivity contribution in [3.05, 3.63) is 48.0 Å². The minimum atomic E-state index is -4.35. The Morgan fingerprint density at radius 1 is 1.00 bits per heavy atom. The van der Waals surface area contributed by atoms with E-state index in [0.717, 1.165) is 34.5 Å². The molecule has 0 aromatic heterocycles. The van der Waals surface area contributed by atoms with Crippen LogP contribution in [0, 0.1) is 0 Å². The lowest BCUT2D eigenvalue weighted by molar-refractivity contribution is -0.137. The third-order valence-corrected chi connectivity index (χ3v) is 5.44. The zero-order chi connectivity index (χ0) is 19.4. The number of nitrogens with zero attached hydrogens (tertiary/aromatic N) is 2. The van der Waals surface area contributed by atoms with E-state index in [9.17, 15) is 13.2 Å². The van der Waals surface area contributed by atoms with Gasteiger partial charge in [0.15, 0.2) is 0 Å². The highest BCUT2D eigenvalue weighted by atomic mass is 35.5. The molecule has 0 saturated heterocycles. The van der Waals surface area contributed by atoms with Gasteiger partial charge in [0.25, 0.3) is 0 Å². The molecule has 154 valence electrons. The summed E-state index contributed by atoms with van der Waals surface area (Å²) in [4.78, 5) is 5.92. The number of alkyl halides is 3. The molecule has 0 aliphatic carbocycles. The van der Waals surface area contributed by atoms with E-state index in [1.54, 1.807) is 6.07 Å². The van der Waals surface area contributed by atoms with Crippen LogP contribution in [0.2, 0.25) is 0 Å². The normalized spacial score (nSPS) is 13.1. The lowest BCUT2D eigenvalue weighted by Crippen LogP contribution is -2.24. The monoisotopic (exact) mass is 432 g/mol. The van der Waals surface area contributed by atoms with Crippen LogP contribution in [0.1, 0.15) is 12.0 Å². The lowest BCUT2D eigenvalue weighted by atomic mass is 10.1. The summed E-state index contributed by atoms with van der Waals surface area (Å²) in [7, 11) is 3.97. The molecule has 2 aromatic rings. The molecule has 3 nitrogen and oxygen atoms in total. The second-order valence-electron chi connectivity index (χ2n) is 6.67. The first kappa shape index (κ1) is 22.9. The first-order valence-corrected chi connectivity index (χ1v) is 9.66. The summed E-state index contributed by atoms with van der Waals surface area (Å²) in [5, 5.41) is 0. The van der Waals surface area contributed by atoms with E-state index < -0.39 is 11.7 Å². The molecule has 2 aromatic carbocycles. The molecule has 1 aliphatic rings. The standard InChI is InChI=1S/C20H23F3N2OS.ClH/c1-24(2)11-13-26-12-5-10-25-16-6-3-4-7-18(16)27-19-9-8-15(14-17(19)25)20(21,22)23;/h3-4,6-9,14H,5,10-13H2,1-2H3;1H. The van der Waals surface area contributed by atoms with Crippen LogP contribution in [-0.2, 0) is 10.9 Å². The van der Waals surface area contributed by atoms with E-state index in [4.69, 9.17) is 4.74 Å². The van der Waals surface area contributed by atoms with Gasteiger partial charge >= 0.3 is 6.18 Å². The Kier molecular flexibility index (Phi) is 8.07. The minimum absolute atomic E-state index is 0. The Bertz CT molecular complexity index is 786. The van der Waals surface area contributed by atoms with Crippen LogP contribution >= 0.6 is 24.2 Å². The molecule has 3 rings (SSSR count). The van der Waals surface area contributed by atoms with E-state index in [-0.39, 0.29) is 12.4 Å². The van der Waals surface area contributed by atoms with Crippen molar-refractivity contribution in [2.75, 3.05) is 45.3 Å². The molecule has 0 N–H and O–H groups in total. The summed E-state index contributed by atoms with van der Waals surface area (Å²) < 4.78 is 45.2. The number of para-hydroxylation sites is 1. The Labute approximate surface area is 174 Å². The van der Waals surface area contributed by atoms with Gasteiger partial charge in [-0.3, -0.25) is 0 Å². The number of fused-ring (bicyclic) bond motifs is 2. The second-order valence-corrected chi connectivity index (χ2v) is 7.75. The Balaban J connectivity index is 0.00000280. The van der Waals surface area contributed by atoms with Crippen molar-refractivity contribution < 1.29 is 17.9 Å². The summed E-state index contributed by atoms with van der Waals surface area (Å²) in [6.45, 7) is 2.68. The summed E-state index contributed by atoms with van der Waals surface area (Å²) in [6.07, 6.45) is -3.61. The van der Waals surface area contributed by atoms with Gasteiger partial charge in [-0.1, -0.05) is 23.9 Å². The quantitative estimate of drug-likeness (QED) is 0.521. The Morgan fingerprint density at radius 3 is 2.43 bits per heavy atom. The zero-order valence-electron chi connectivity index (χ0n) is 15.8. The summed E-state index contributed by atoms with van der Waals surface area (Å²) in [5.41, 5.74) is 0.942. The minimum Gasteiger partial charge on any atom is -0.380 e. The largest absolute Gasteiger partial charge is 0.416 e. The fourth-order valence-corrected chi connectivity index (χ4v) is 4.00. The van der Waals surface area contributed by atoms with Crippen LogP contribution in [0.25, 0.3) is 0 Å². The average Bonchev–Trinajstić information content (AvgIpc) is 2.62. The molecule has 0 unspecified atom stereocenters. The average molecular weight is 433 g/mol. The van der Waals surface area contributed by atoms with Crippen molar-refractivity contribution in [2.45, 2.75) is 22.4 Å². The Morgan fingerprint density at radius 2 is 1.71 bits per heavy atom. The van der Waals surface area contributed by atoms with Crippen LogP contribution in [0.4, 0.5) is 24.5 Å². The van der Waals surface area contributed by atoms with Gasteiger partial charge < -0.3 is 14.5 Å².